The molecule has 176 valence electrons. The summed E-state index contributed by atoms with van der Waals surface area (Å²) in [6.07, 6.45) is 1.90. The number of sulfonamides is 1. The molecule has 0 bridgehead atoms. The number of anilines is 1. The van der Waals surface area contributed by atoms with Gasteiger partial charge in [-0.3, -0.25) is 9.59 Å². The third kappa shape index (κ3) is 5.61. The number of nitrogens with one attached hydrogen (secondary N) is 2. The van der Waals surface area contributed by atoms with E-state index in [0.717, 1.165) is 24.1 Å². The van der Waals surface area contributed by atoms with Crippen LogP contribution in [-0.4, -0.2) is 62.7 Å². The molecular weight excluding hydrogens is 440 g/mol. The number of likely N-dealkylation sites (N-methyl/N-ethyl adjacent to an activating group) is 1. The molecule has 0 unspecified atom stereocenters. The van der Waals surface area contributed by atoms with Gasteiger partial charge in [0.25, 0.3) is 5.91 Å². The summed E-state index contributed by atoms with van der Waals surface area (Å²) in [6, 6.07) is 13.3. The molecule has 2 fully saturated rings. The summed E-state index contributed by atoms with van der Waals surface area (Å²) in [5, 5.41) is 5.82. The van der Waals surface area contributed by atoms with Crippen LogP contribution in [0.15, 0.2) is 53.4 Å². The molecule has 2 amide bonds. The molecule has 1 saturated carbocycles. The number of hydrogen-bond donors (Lipinski definition) is 2. The Kier molecular flexibility index (Phi) is 6.83. The predicted octanol–water partition coefficient (Wildman–Crippen LogP) is 2.46. The standard InChI is InChI=1S/C24H30N4O4S/c1-17(18-8-10-21(11-9-18)26-23(29)19-6-7-19)25-24(30)20-4-3-5-22(16-20)33(31,32)28-14-12-27(2)13-15-28/h3-5,8-11,16-17,19H,6-7,12-15H2,1-2H3,(H,25,30)(H,26,29)/t17-/m1/s1. The Bertz CT molecular complexity index is 1120. The molecule has 1 heterocycles. The van der Waals surface area contributed by atoms with Gasteiger partial charge in [0.1, 0.15) is 0 Å². The minimum Gasteiger partial charge on any atom is -0.346 e. The molecule has 33 heavy (non-hydrogen) atoms. The van der Waals surface area contributed by atoms with Gasteiger partial charge in [0.2, 0.25) is 15.9 Å². The number of carbonyl (C=O) groups is 2. The zero-order valence-corrected chi connectivity index (χ0v) is 19.8. The molecule has 0 aromatic heterocycles. The topological polar surface area (TPSA) is 98.8 Å². The van der Waals surface area contributed by atoms with Crippen molar-refractivity contribution in [3.05, 3.63) is 59.7 Å². The van der Waals surface area contributed by atoms with E-state index in [1.165, 1.54) is 16.4 Å². The molecule has 1 aliphatic heterocycles. The molecule has 0 spiro atoms. The van der Waals surface area contributed by atoms with Gasteiger partial charge in [0.05, 0.1) is 10.9 Å². The zero-order chi connectivity index (χ0) is 23.6. The van der Waals surface area contributed by atoms with Gasteiger partial charge in [-0.1, -0.05) is 18.2 Å². The van der Waals surface area contributed by atoms with E-state index in [4.69, 9.17) is 0 Å². The first-order valence-corrected chi connectivity index (χ1v) is 12.7. The van der Waals surface area contributed by atoms with Gasteiger partial charge >= 0.3 is 0 Å². The van der Waals surface area contributed by atoms with Crippen LogP contribution in [0.25, 0.3) is 0 Å². The lowest BCUT2D eigenvalue weighted by Gasteiger charge is -2.31. The summed E-state index contributed by atoms with van der Waals surface area (Å²) in [6.45, 7) is 4.09. The van der Waals surface area contributed by atoms with Crippen molar-refractivity contribution < 1.29 is 18.0 Å². The Morgan fingerprint density at radius 1 is 1.00 bits per heavy atom. The Morgan fingerprint density at radius 3 is 2.30 bits per heavy atom. The van der Waals surface area contributed by atoms with Crippen molar-refractivity contribution in [2.75, 3.05) is 38.5 Å². The van der Waals surface area contributed by atoms with E-state index in [9.17, 15) is 18.0 Å². The summed E-state index contributed by atoms with van der Waals surface area (Å²) in [4.78, 5) is 26.9. The zero-order valence-electron chi connectivity index (χ0n) is 19.0. The van der Waals surface area contributed by atoms with Crippen molar-refractivity contribution in [1.29, 1.82) is 0 Å². The van der Waals surface area contributed by atoms with Crippen molar-refractivity contribution in [3.63, 3.8) is 0 Å². The summed E-state index contributed by atoms with van der Waals surface area (Å²) >= 11 is 0. The fourth-order valence-electron chi connectivity index (χ4n) is 3.78. The fraction of sp³-hybridized carbons (Fsp3) is 0.417. The third-order valence-corrected chi connectivity index (χ3v) is 8.06. The number of nitrogens with zero attached hydrogens (tertiary/aromatic N) is 2. The smallest absolute Gasteiger partial charge is 0.251 e. The number of benzene rings is 2. The van der Waals surface area contributed by atoms with E-state index in [1.54, 1.807) is 12.1 Å². The highest BCUT2D eigenvalue weighted by Gasteiger charge is 2.30. The largest absolute Gasteiger partial charge is 0.346 e. The van der Waals surface area contributed by atoms with Crippen molar-refractivity contribution in [2.24, 2.45) is 5.92 Å². The number of hydrogen-bond acceptors (Lipinski definition) is 5. The molecule has 2 N–H and O–H groups in total. The second-order valence-electron chi connectivity index (χ2n) is 8.82. The van der Waals surface area contributed by atoms with Crippen LogP contribution in [0.3, 0.4) is 0 Å². The summed E-state index contributed by atoms with van der Waals surface area (Å²) in [7, 11) is -1.68. The van der Waals surface area contributed by atoms with E-state index in [2.05, 4.69) is 15.5 Å². The van der Waals surface area contributed by atoms with Gasteiger partial charge in [-0.05, 0) is 62.7 Å². The van der Waals surface area contributed by atoms with Gasteiger partial charge in [-0.25, -0.2) is 8.42 Å². The highest BCUT2D eigenvalue weighted by atomic mass is 32.2. The second kappa shape index (κ2) is 9.62. The average molecular weight is 471 g/mol. The molecule has 2 aliphatic rings. The minimum absolute atomic E-state index is 0.0514. The van der Waals surface area contributed by atoms with Crippen molar-refractivity contribution in [1.82, 2.24) is 14.5 Å². The molecular formula is C24H30N4O4S. The van der Waals surface area contributed by atoms with Crippen LogP contribution in [0.2, 0.25) is 0 Å². The number of carbonyl (C=O) groups excluding carboxylic acids is 2. The first kappa shape index (κ1) is 23.4. The molecule has 9 heteroatoms. The lowest BCUT2D eigenvalue weighted by molar-refractivity contribution is -0.117. The van der Waals surface area contributed by atoms with Gasteiger partial charge in [-0.15, -0.1) is 0 Å². The normalized spacial score (nSPS) is 18.5. The number of rotatable bonds is 7. The first-order valence-electron chi connectivity index (χ1n) is 11.2. The second-order valence-corrected chi connectivity index (χ2v) is 10.8. The average Bonchev–Trinajstić information content (AvgIpc) is 3.65. The van der Waals surface area contributed by atoms with Gasteiger partial charge in [-0.2, -0.15) is 4.31 Å². The Balaban J connectivity index is 1.40. The predicted molar refractivity (Wildman–Crippen MR) is 126 cm³/mol. The molecule has 1 atom stereocenters. The third-order valence-electron chi connectivity index (χ3n) is 6.17. The summed E-state index contributed by atoms with van der Waals surface area (Å²) in [5.41, 5.74) is 1.91. The molecule has 4 rings (SSSR count). The van der Waals surface area contributed by atoms with Crippen molar-refractivity contribution in [3.8, 4) is 0 Å². The highest BCUT2D eigenvalue weighted by molar-refractivity contribution is 7.89. The Morgan fingerprint density at radius 2 is 1.67 bits per heavy atom. The lowest BCUT2D eigenvalue weighted by atomic mass is 10.1. The molecule has 1 saturated heterocycles. The van der Waals surface area contributed by atoms with Crippen LogP contribution in [-0.2, 0) is 14.8 Å². The molecule has 2 aromatic rings. The highest BCUT2D eigenvalue weighted by Crippen LogP contribution is 2.30. The molecule has 8 nitrogen and oxygen atoms in total. The van der Waals surface area contributed by atoms with Gasteiger partial charge in [0, 0.05) is 43.3 Å². The van der Waals surface area contributed by atoms with Crippen LogP contribution in [0.5, 0.6) is 0 Å². The maximum atomic E-state index is 13.0. The Hall–Kier alpha value is -2.75. The molecule has 1 aliphatic carbocycles. The summed E-state index contributed by atoms with van der Waals surface area (Å²) < 4.78 is 27.5. The van der Waals surface area contributed by atoms with Crippen LogP contribution < -0.4 is 10.6 Å². The van der Waals surface area contributed by atoms with Crippen LogP contribution >= 0.6 is 0 Å². The van der Waals surface area contributed by atoms with Crippen LogP contribution in [0, 0.1) is 5.92 Å². The number of amides is 2. The lowest BCUT2D eigenvalue weighted by Crippen LogP contribution is -2.47. The molecule has 2 aromatic carbocycles. The van der Waals surface area contributed by atoms with Crippen molar-refractivity contribution >= 4 is 27.5 Å². The minimum atomic E-state index is -3.65. The molecule has 0 radical (unpaired) electrons. The van der Waals surface area contributed by atoms with Gasteiger partial charge in [0.15, 0.2) is 0 Å². The monoisotopic (exact) mass is 470 g/mol. The van der Waals surface area contributed by atoms with Crippen molar-refractivity contribution in [2.45, 2.75) is 30.7 Å². The van der Waals surface area contributed by atoms with E-state index < -0.39 is 10.0 Å². The Labute approximate surface area is 195 Å². The van der Waals surface area contributed by atoms with E-state index in [0.29, 0.717) is 31.7 Å². The number of piperazine rings is 1. The van der Waals surface area contributed by atoms with Crippen LogP contribution in [0.4, 0.5) is 5.69 Å². The van der Waals surface area contributed by atoms with Gasteiger partial charge < -0.3 is 15.5 Å². The first-order chi connectivity index (χ1) is 15.7. The maximum absolute atomic E-state index is 13.0. The van der Waals surface area contributed by atoms with E-state index in [-0.39, 0.29) is 28.7 Å². The summed E-state index contributed by atoms with van der Waals surface area (Å²) in [5.74, 6) is -0.154. The fourth-order valence-corrected chi connectivity index (χ4v) is 5.25. The quantitative estimate of drug-likeness (QED) is 0.648. The SMILES string of the molecule is C[C@@H](NC(=O)c1cccc(S(=O)(=O)N2CCN(C)CC2)c1)c1ccc(NC(=O)C2CC2)cc1. The maximum Gasteiger partial charge on any atom is 0.251 e. The van der Waals surface area contributed by atoms with E-state index in [1.807, 2.05) is 38.2 Å². The van der Waals surface area contributed by atoms with E-state index >= 15 is 0 Å². The van der Waals surface area contributed by atoms with Crippen LogP contribution in [0.1, 0.15) is 41.7 Å².